The predicted molar refractivity (Wildman–Crippen MR) is 57.4 cm³/mol. The number of hydrogen-bond acceptors (Lipinski definition) is 3. The van der Waals surface area contributed by atoms with Crippen molar-refractivity contribution in [3.05, 3.63) is 0 Å². The molecule has 14 heavy (non-hydrogen) atoms. The number of aliphatic hydroxyl groups is 1. The van der Waals surface area contributed by atoms with E-state index in [-0.39, 0.29) is 6.61 Å². The molecule has 0 aromatic heterocycles. The van der Waals surface area contributed by atoms with Gasteiger partial charge in [-0.3, -0.25) is 4.90 Å². The Labute approximate surface area is 87.1 Å². The summed E-state index contributed by atoms with van der Waals surface area (Å²) in [7, 11) is 0. The molecule has 1 heterocycles. The zero-order valence-corrected chi connectivity index (χ0v) is 9.24. The summed E-state index contributed by atoms with van der Waals surface area (Å²) in [6, 6.07) is 0.641. The molecule has 1 saturated heterocycles. The molecule has 0 bridgehead atoms. The van der Waals surface area contributed by atoms with E-state index in [9.17, 15) is 0 Å². The summed E-state index contributed by atoms with van der Waals surface area (Å²) >= 11 is 0. The van der Waals surface area contributed by atoms with Gasteiger partial charge in [0.25, 0.3) is 0 Å². The van der Waals surface area contributed by atoms with Crippen LogP contribution in [-0.2, 0) is 4.74 Å². The lowest BCUT2D eigenvalue weighted by molar-refractivity contribution is 0.0276. The summed E-state index contributed by atoms with van der Waals surface area (Å²) < 4.78 is 5.34. The highest BCUT2D eigenvalue weighted by Gasteiger charge is 2.20. The third-order valence-corrected chi connectivity index (χ3v) is 2.89. The van der Waals surface area contributed by atoms with Crippen molar-refractivity contribution < 1.29 is 9.84 Å². The highest BCUT2D eigenvalue weighted by Crippen LogP contribution is 2.14. The topological polar surface area (TPSA) is 32.7 Å². The van der Waals surface area contributed by atoms with Crippen molar-refractivity contribution >= 4 is 0 Å². The monoisotopic (exact) mass is 201 g/mol. The van der Waals surface area contributed by atoms with Crippen molar-refractivity contribution in [1.82, 2.24) is 4.90 Å². The molecule has 0 spiro atoms. The van der Waals surface area contributed by atoms with Crippen molar-refractivity contribution in [2.45, 2.75) is 38.6 Å². The van der Waals surface area contributed by atoms with Crippen molar-refractivity contribution in [1.29, 1.82) is 0 Å². The SMILES string of the molecule is CCCCN(CCO)C1CCOCC1. The Morgan fingerprint density at radius 1 is 1.29 bits per heavy atom. The first kappa shape index (κ1) is 12.0. The molecule has 1 rings (SSSR count). The number of rotatable bonds is 6. The quantitative estimate of drug-likeness (QED) is 0.702. The van der Waals surface area contributed by atoms with Gasteiger partial charge in [0.2, 0.25) is 0 Å². The van der Waals surface area contributed by atoms with Gasteiger partial charge in [0.05, 0.1) is 6.61 Å². The van der Waals surface area contributed by atoms with E-state index in [0.29, 0.717) is 6.04 Å². The molecule has 1 fully saturated rings. The first-order valence-electron chi connectivity index (χ1n) is 5.81. The summed E-state index contributed by atoms with van der Waals surface area (Å²) in [5.41, 5.74) is 0. The average molecular weight is 201 g/mol. The lowest BCUT2D eigenvalue weighted by atomic mass is 10.1. The fourth-order valence-corrected chi connectivity index (χ4v) is 2.02. The molecule has 0 radical (unpaired) electrons. The molecule has 3 nitrogen and oxygen atoms in total. The van der Waals surface area contributed by atoms with Gasteiger partial charge in [0.15, 0.2) is 0 Å². The molecular formula is C11H23NO2. The first-order valence-corrected chi connectivity index (χ1v) is 5.81. The molecule has 84 valence electrons. The van der Waals surface area contributed by atoms with Crippen LogP contribution in [0.15, 0.2) is 0 Å². The van der Waals surface area contributed by atoms with E-state index in [1.807, 2.05) is 0 Å². The van der Waals surface area contributed by atoms with Crippen LogP contribution in [-0.4, -0.2) is 49.0 Å². The van der Waals surface area contributed by atoms with Gasteiger partial charge in [0.1, 0.15) is 0 Å². The molecule has 1 aliphatic heterocycles. The number of ether oxygens (including phenoxy) is 1. The zero-order chi connectivity index (χ0) is 10.2. The van der Waals surface area contributed by atoms with E-state index in [4.69, 9.17) is 9.84 Å². The minimum absolute atomic E-state index is 0.279. The van der Waals surface area contributed by atoms with Crippen LogP contribution in [0.25, 0.3) is 0 Å². The maximum atomic E-state index is 8.99. The maximum Gasteiger partial charge on any atom is 0.0558 e. The summed E-state index contributed by atoms with van der Waals surface area (Å²) in [6.07, 6.45) is 4.72. The van der Waals surface area contributed by atoms with Crippen LogP contribution in [0.5, 0.6) is 0 Å². The Morgan fingerprint density at radius 3 is 2.57 bits per heavy atom. The largest absolute Gasteiger partial charge is 0.395 e. The highest BCUT2D eigenvalue weighted by atomic mass is 16.5. The second kappa shape index (κ2) is 7.21. The lowest BCUT2D eigenvalue weighted by Crippen LogP contribution is -2.41. The second-order valence-corrected chi connectivity index (χ2v) is 3.96. The second-order valence-electron chi connectivity index (χ2n) is 3.96. The number of aliphatic hydroxyl groups excluding tert-OH is 1. The van der Waals surface area contributed by atoms with E-state index in [1.54, 1.807) is 0 Å². The molecule has 0 saturated carbocycles. The van der Waals surface area contributed by atoms with Gasteiger partial charge in [-0.2, -0.15) is 0 Å². The molecule has 0 aliphatic carbocycles. The van der Waals surface area contributed by atoms with Crippen LogP contribution in [0.2, 0.25) is 0 Å². The molecule has 0 aromatic carbocycles. The van der Waals surface area contributed by atoms with Gasteiger partial charge in [-0.1, -0.05) is 13.3 Å². The molecule has 1 N–H and O–H groups in total. The van der Waals surface area contributed by atoms with Gasteiger partial charge in [-0.05, 0) is 25.8 Å². The van der Waals surface area contributed by atoms with E-state index in [0.717, 1.165) is 39.1 Å². The number of nitrogens with zero attached hydrogens (tertiary/aromatic N) is 1. The standard InChI is InChI=1S/C11H23NO2/c1-2-3-6-12(7-8-13)11-4-9-14-10-5-11/h11,13H,2-10H2,1H3. The Morgan fingerprint density at radius 2 is 2.00 bits per heavy atom. The van der Waals surface area contributed by atoms with Crippen LogP contribution in [0.4, 0.5) is 0 Å². The minimum atomic E-state index is 0.279. The Bertz CT molecular complexity index is 135. The average Bonchev–Trinajstić information content (AvgIpc) is 2.25. The molecule has 0 aromatic rings. The summed E-state index contributed by atoms with van der Waals surface area (Å²) in [4.78, 5) is 2.42. The summed E-state index contributed by atoms with van der Waals surface area (Å²) in [5, 5.41) is 8.99. The molecular weight excluding hydrogens is 178 g/mol. The van der Waals surface area contributed by atoms with Crippen LogP contribution in [0, 0.1) is 0 Å². The van der Waals surface area contributed by atoms with Gasteiger partial charge >= 0.3 is 0 Å². The van der Waals surface area contributed by atoms with Gasteiger partial charge in [-0.25, -0.2) is 0 Å². The predicted octanol–water partition coefficient (Wildman–Crippen LogP) is 1.26. The Kier molecular flexibility index (Phi) is 6.15. The molecule has 1 aliphatic rings. The normalized spacial score (nSPS) is 19.1. The summed E-state index contributed by atoms with van der Waals surface area (Å²) in [6.45, 7) is 6.21. The minimum Gasteiger partial charge on any atom is -0.395 e. The zero-order valence-electron chi connectivity index (χ0n) is 9.24. The van der Waals surface area contributed by atoms with Crippen molar-refractivity contribution in [3.63, 3.8) is 0 Å². The van der Waals surface area contributed by atoms with Gasteiger partial charge in [-0.15, -0.1) is 0 Å². The van der Waals surface area contributed by atoms with Crippen LogP contribution < -0.4 is 0 Å². The fourth-order valence-electron chi connectivity index (χ4n) is 2.02. The maximum absolute atomic E-state index is 8.99. The van der Waals surface area contributed by atoms with Gasteiger partial charge < -0.3 is 9.84 Å². The van der Waals surface area contributed by atoms with Crippen molar-refractivity contribution in [3.8, 4) is 0 Å². The molecule has 0 amide bonds. The Hall–Kier alpha value is -0.120. The summed E-state index contributed by atoms with van der Waals surface area (Å²) in [5.74, 6) is 0. The van der Waals surface area contributed by atoms with Crippen molar-refractivity contribution in [2.75, 3.05) is 32.9 Å². The van der Waals surface area contributed by atoms with Crippen LogP contribution >= 0.6 is 0 Å². The van der Waals surface area contributed by atoms with E-state index >= 15 is 0 Å². The first-order chi connectivity index (χ1) is 6.88. The third-order valence-electron chi connectivity index (χ3n) is 2.89. The van der Waals surface area contributed by atoms with Crippen LogP contribution in [0.1, 0.15) is 32.6 Å². The van der Waals surface area contributed by atoms with Gasteiger partial charge in [0, 0.05) is 25.8 Å². The molecule has 0 unspecified atom stereocenters. The lowest BCUT2D eigenvalue weighted by Gasteiger charge is -2.33. The number of hydrogen-bond donors (Lipinski definition) is 1. The Balaban J connectivity index is 2.30. The van der Waals surface area contributed by atoms with E-state index < -0.39 is 0 Å². The van der Waals surface area contributed by atoms with Crippen LogP contribution in [0.3, 0.4) is 0 Å². The van der Waals surface area contributed by atoms with E-state index in [1.165, 1.54) is 12.8 Å². The fraction of sp³-hybridized carbons (Fsp3) is 1.00. The number of unbranched alkanes of at least 4 members (excludes halogenated alkanes) is 1. The third kappa shape index (κ3) is 3.95. The van der Waals surface area contributed by atoms with Crippen molar-refractivity contribution in [2.24, 2.45) is 0 Å². The smallest absolute Gasteiger partial charge is 0.0558 e. The van der Waals surface area contributed by atoms with E-state index in [2.05, 4.69) is 11.8 Å². The molecule has 0 atom stereocenters. The highest BCUT2D eigenvalue weighted by molar-refractivity contribution is 4.74. The molecule has 3 heteroatoms.